The Bertz CT molecular complexity index is 354. The van der Waals surface area contributed by atoms with E-state index in [-0.39, 0.29) is 5.91 Å². The van der Waals surface area contributed by atoms with Gasteiger partial charge < -0.3 is 9.64 Å². The van der Waals surface area contributed by atoms with Crippen LogP contribution in [-0.2, 0) is 0 Å². The third kappa shape index (κ3) is 1.62. The van der Waals surface area contributed by atoms with Gasteiger partial charge in [0, 0.05) is 11.9 Å². The van der Waals surface area contributed by atoms with E-state index in [0.717, 1.165) is 5.33 Å². The quantitative estimate of drug-likeness (QED) is 0.756. The SMILES string of the molecule is O=C1c2ccccc2OCN1CCBr. The minimum Gasteiger partial charge on any atom is -0.472 e. The number of hydrogen-bond donors (Lipinski definition) is 0. The topological polar surface area (TPSA) is 29.5 Å². The fraction of sp³-hybridized carbons (Fsp3) is 0.300. The largest absolute Gasteiger partial charge is 0.472 e. The van der Waals surface area contributed by atoms with E-state index >= 15 is 0 Å². The molecule has 0 radical (unpaired) electrons. The Hall–Kier alpha value is -1.03. The molecule has 0 saturated heterocycles. The molecule has 0 spiro atoms. The zero-order chi connectivity index (χ0) is 9.97. The molecule has 1 aliphatic rings. The number of para-hydroxylation sites is 1. The number of hydrogen-bond acceptors (Lipinski definition) is 2. The molecule has 0 aromatic heterocycles. The van der Waals surface area contributed by atoms with E-state index in [1.54, 1.807) is 11.0 Å². The number of carbonyl (C=O) groups excluding carboxylic acids is 1. The van der Waals surface area contributed by atoms with Crippen molar-refractivity contribution in [3.63, 3.8) is 0 Å². The molecule has 1 aliphatic heterocycles. The minimum atomic E-state index is 0.0475. The van der Waals surface area contributed by atoms with Gasteiger partial charge in [0.15, 0.2) is 6.73 Å². The lowest BCUT2D eigenvalue weighted by atomic mass is 10.1. The zero-order valence-electron chi connectivity index (χ0n) is 7.57. The molecule has 0 bridgehead atoms. The molecular formula is C10H10BrNO2. The summed E-state index contributed by atoms with van der Waals surface area (Å²) in [6.45, 7) is 1.02. The number of rotatable bonds is 2. The molecular weight excluding hydrogens is 246 g/mol. The first kappa shape index (κ1) is 9.52. The van der Waals surface area contributed by atoms with Gasteiger partial charge in [-0.3, -0.25) is 4.79 Å². The fourth-order valence-corrected chi connectivity index (χ4v) is 1.84. The summed E-state index contributed by atoms with van der Waals surface area (Å²) in [7, 11) is 0. The van der Waals surface area contributed by atoms with Crippen molar-refractivity contribution in [2.75, 3.05) is 18.6 Å². The number of benzene rings is 1. The van der Waals surface area contributed by atoms with Crippen LogP contribution in [0.25, 0.3) is 0 Å². The summed E-state index contributed by atoms with van der Waals surface area (Å²) in [5.74, 6) is 0.731. The molecule has 0 aliphatic carbocycles. The van der Waals surface area contributed by atoms with E-state index in [4.69, 9.17) is 4.74 Å². The standard InChI is InChI=1S/C10H10BrNO2/c11-5-6-12-7-14-9-4-2-1-3-8(9)10(12)13/h1-4H,5-7H2. The highest BCUT2D eigenvalue weighted by Crippen LogP contribution is 2.23. The predicted molar refractivity (Wildman–Crippen MR) is 56.8 cm³/mol. The van der Waals surface area contributed by atoms with E-state index in [2.05, 4.69) is 15.9 Å². The summed E-state index contributed by atoms with van der Waals surface area (Å²) >= 11 is 3.30. The molecule has 4 heteroatoms. The Labute approximate surface area is 90.8 Å². The number of nitrogens with zero attached hydrogens (tertiary/aromatic N) is 1. The van der Waals surface area contributed by atoms with E-state index in [1.807, 2.05) is 18.2 Å². The van der Waals surface area contributed by atoms with Gasteiger partial charge >= 0.3 is 0 Å². The Morgan fingerprint density at radius 2 is 2.21 bits per heavy atom. The molecule has 1 heterocycles. The van der Waals surface area contributed by atoms with Crippen molar-refractivity contribution in [3.8, 4) is 5.75 Å². The van der Waals surface area contributed by atoms with Crippen LogP contribution in [0, 0.1) is 0 Å². The van der Waals surface area contributed by atoms with Crippen molar-refractivity contribution >= 4 is 21.8 Å². The molecule has 0 saturated carbocycles. The Morgan fingerprint density at radius 3 is 3.00 bits per heavy atom. The van der Waals surface area contributed by atoms with Crippen LogP contribution in [0.4, 0.5) is 0 Å². The minimum absolute atomic E-state index is 0.0475. The van der Waals surface area contributed by atoms with Crippen LogP contribution in [0.5, 0.6) is 5.75 Å². The highest BCUT2D eigenvalue weighted by atomic mass is 79.9. The number of halogens is 1. The second-order valence-electron chi connectivity index (χ2n) is 3.03. The van der Waals surface area contributed by atoms with Gasteiger partial charge in [-0.2, -0.15) is 0 Å². The molecule has 74 valence electrons. The summed E-state index contributed by atoms with van der Waals surface area (Å²) in [6.07, 6.45) is 0. The summed E-state index contributed by atoms with van der Waals surface area (Å²) < 4.78 is 5.44. The molecule has 1 amide bonds. The van der Waals surface area contributed by atoms with Gasteiger partial charge in [0.2, 0.25) is 0 Å². The maximum absolute atomic E-state index is 11.8. The van der Waals surface area contributed by atoms with Gasteiger partial charge in [-0.1, -0.05) is 28.1 Å². The summed E-state index contributed by atoms with van der Waals surface area (Å²) in [6, 6.07) is 7.32. The number of amides is 1. The smallest absolute Gasteiger partial charge is 0.260 e. The second-order valence-corrected chi connectivity index (χ2v) is 3.82. The van der Waals surface area contributed by atoms with Crippen molar-refractivity contribution in [1.82, 2.24) is 4.90 Å². The van der Waals surface area contributed by atoms with Crippen LogP contribution in [0.3, 0.4) is 0 Å². The monoisotopic (exact) mass is 255 g/mol. The van der Waals surface area contributed by atoms with Crippen LogP contribution < -0.4 is 4.74 Å². The van der Waals surface area contributed by atoms with Crippen LogP contribution >= 0.6 is 15.9 Å². The highest BCUT2D eigenvalue weighted by Gasteiger charge is 2.23. The van der Waals surface area contributed by atoms with Crippen molar-refractivity contribution in [2.24, 2.45) is 0 Å². The average molecular weight is 256 g/mol. The summed E-state index contributed by atoms with van der Waals surface area (Å²) in [4.78, 5) is 13.5. The van der Waals surface area contributed by atoms with Gasteiger partial charge in [-0.15, -0.1) is 0 Å². The van der Waals surface area contributed by atoms with Crippen LogP contribution in [0.2, 0.25) is 0 Å². The molecule has 0 atom stereocenters. The van der Waals surface area contributed by atoms with Crippen molar-refractivity contribution in [3.05, 3.63) is 29.8 Å². The summed E-state index contributed by atoms with van der Waals surface area (Å²) in [5, 5.41) is 0.768. The molecule has 1 aromatic rings. The maximum atomic E-state index is 11.8. The number of ether oxygens (including phenoxy) is 1. The van der Waals surface area contributed by atoms with Gasteiger partial charge in [0.25, 0.3) is 5.91 Å². The van der Waals surface area contributed by atoms with Crippen LogP contribution in [-0.4, -0.2) is 29.4 Å². The van der Waals surface area contributed by atoms with Gasteiger partial charge in [-0.05, 0) is 12.1 Å². The van der Waals surface area contributed by atoms with Crippen LogP contribution in [0.15, 0.2) is 24.3 Å². The van der Waals surface area contributed by atoms with E-state index in [1.165, 1.54) is 0 Å². The van der Waals surface area contributed by atoms with Gasteiger partial charge in [0.05, 0.1) is 5.56 Å². The molecule has 2 rings (SSSR count). The maximum Gasteiger partial charge on any atom is 0.260 e. The van der Waals surface area contributed by atoms with Crippen molar-refractivity contribution in [2.45, 2.75) is 0 Å². The fourth-order valence-electron chi connectivity index (χ4n) is 1.41. The Morgan fingerprint density at radius 1 is 1.43 bits per heavy atom. The number of fused-ring (bicyclic) bond motifs is 1. The van der Waals surface area contributed by atoms with Crippen molar-refractivity contribution < 1.29 is 9.53 Å². The highest BCUT2D eigenvalue weighted by molar-refractivity contribution is 9.09. The normalized spacial score (nSPS) is 14.9. The third-order valence-electron chi connectivity index (χ3n) is 2.14. The molecule has 1 aromatic carbocycles. The van der Waals surface area contributed by atoms with E-state index in [9.17, 15) is 4.79 Å². The Balaban J connectivity index is 2.27. The lowest BCUT2D eigenvalue weighted by Crippen LogP contribution is -2.39. The first-order valence-corrected chi connectivity index (χ1v) is 5.52. The average Bonchev–Trinajstić information content (AvgIpc) is 2.23. The first-order valence-electron chi connectivity index (χ1n) is 4.40. The first-order chi connectivity index (χ1) is 6.83. The Kier molecular flexibility index (Phi) is 2.72. The van der Waals surface area contributed by atoms with E-state index < -0.39 is 0 Å². The number of carbonyl (C=O) groups is 1. The summed E-state index contributed by atoms with van der Waals surface area (Å²) in [5.41, 5.74) is 0.653. The van der Waals surface area contributed by atoms with Gasteiger partial charge in [0.1, 0.15) is 5.75 Å². The second kappa shape index (κ2) is 4.00. The molecule has 3 nitrogen and oxygen atoms in total. The lowest BCUT2D eigenvalue weighted by Gasteiger charge is -2.27. The van der Waals surface area contributed by atoms with E-state index in [0.29, 0.717) is 24.6 Å². The molecule has 0 fully saturated rings. The lowest BCUT2D eigenvalue weighted by molar-refractivity contribution is 0.0542. The third-order valence-corrected chi connectivity index (χ3v) is 2.49. The predicted octanol–water partition coefficient (Wildman–Crippen LogP) is 1.87. The molecule has 0 N–H and O–H groups in total. The molecule has 14 heavy (non-hydrogen) atoms. The number of alkyl halides is 1. The van der Waals surface area contributed by atoms with Crippen LogP contribution in [0.1, 0.15) is 10.4 Å². The molecule has 0 unspecified atom stereocenters. The zero-order valence-corrected chi connectivity index (χ0v) is 9.16. The van der Waals surface area contributed by atoms with Crippen molar-refractivity contribution in [1.29, 1.82) is 0 Å². The van der Waals surface area contributed by atoms with Gasteiger partial charge in [-0.25, -0.2) is 0 Å².